The molecule has 5 nitrogen and oxygen atoms in total. The molecular weight excluding hydrogens is 342 g/mol. The van der Waals surface area contributed by atoms with Gasteiger partial charge >= 0.3 is 6.09 Å². The van der Waals surface area contributed by atoms with Crippen LogP contribution >= 0.6 is 0 Å². The van der Waals surface area contributed by atoms with Crippen molar-refractivity contribution in [2.75, 3.05) is 18.1 Å². The van der Waals surface area contributed by atoms with E-state index in [0.29, 0.717) is 13.0 Å². The number of fused-ring (bicyclic) bond motifs is 3. The zero-order valence-electron chi connectivity index (χ0n) is 16.6. The fourth-order valence-corrected chi connectivity index (χ4v) is 3.39. The number of ether oxygens (including phenoxy) is 2. The van der Waals surface area contributed by atoms with Crippen molar-refractivity contribution < 1.29 is 19.4 Å². The Morgan fingerprint density at radius 3 is 2.63 bits per heavy atom. The van der Waals surface area contributed by atoms with E-state index in [-0.39, 0.29) is 6.54 Å². The lowest BCUT2D eigenvalue weighted by Crippen LogP contribution is -2.45. The maximum atomic E-state index is 12.8. The minimum absolute atomic E-state index is 0.217. The fourth-order valence-electron chi connectivity index (χ4n) is 3.39. The molecule has 1 amide bonds. The molecule has 1 atom stereocenters. The van der Waals surface area contributed by atoms with Crippen molar-refractivity contribution in [2.24, 2.45) is 0 Å². The number of hydrogen-bond acceptors (Lipinski definition) is 4. The number of hydrogen-bond donors (Lipinski definition) is 1. The first-order valence-corrected chi connectivity index (χ1v) is 9.66. The molecule has 146 valence electrons. The molecule has 0 spiro atoms. The number of anilines is 1. The lowest BCUT2D eigenvalue weighted by Gasteiger charge is -2.35. The summed E-state index contributed by atoms with van der Waals surface area (Å²) >= 11 is 0. The number of amides is 1. The van der Waals surface area contributed by atoms with Gasteiger partial charge in [0.25, 0.3) is 0 Å². The van der Waals surface area contributed by atoms with Gasteiger partial charge in [-0.1, -0.05) is 37.6 Å². The molecule has 0 fully saturated rings. The average Bonchev–Trinajstić information content (AvgIpc) is 2.60. The second-order valence-corrected chi connectivity index (χ2v) is 8.07. The molecular formula is C22H29NO4. The first-order chi connectivity index (χ1) is 12.8. The number of carbonyl (C=O) groups is 1. The maximum Gasteiger partial charge on any atom is 0.414 e. The van der Waals surface area contributed by atoms with Gasteiger partial charge in [0.15, 0.2) is 0 Å². The van der Waals surface area contributed by atoms with Crippen LogP contribution in [0.25, 0.3) is 10.8 Å². The van der Waals surface area contributed by atoms with Gasteiger partial charge in [0.1, 0.15) is 11.4 Å². The Bertz CT molecular complexity index is 825. The fraction of sp³-hybridized carbons (Fsp3) is 0.500. The van der Waals surface area contributed by atoms with Crippen molar-refractivity contribution in [3.63, 3.8) is 0 Å². The minimum Gasteiger partial charge on any atom is -0.493 e. The number of benzene rings is 2. The second kappa shape index (κ2) is 7.77. The molecule has 0 bridgehead atoms. The molecule has 0 radical (unpaired) electrons. The van der Waals surface area contributed by atoms with Crippen molar-refractivity contribution >= 4 is 22.6 Å². The number of nitrogens with zero attached hydrogens (tertiary/aromatic N) is 1. The Labute approximate surface area is 160 Å². The van der Waals surface area contributed by atoms with Crippen LogP contribution in [0, 0.1) is 0 Å². The van der Waals surface area contributed by atoms with Gasteiger partial charge in [-0.05, 0) is 38.1 Å². The molecule has 2 aromatic carbocycles. The molecule has 0 aliphatic carbocycles. The summed E-state index contributed by atoms with van der Waals surface area (Å²) in [4.78, 5) is 14.3. The van der Waals surface area contributed by atoms with E-state index in [4.69, 9.17) is 9.47 Å². The third-order valence-corrected chi connectivity index (χ3v) is 4.59. The Hall–Kier alpha value is -2.27. The molecule has 5 heteroatoms. The van der Waals surface area contributed by atoms with Crippen molar-refractivity contribution in [3.05, 3.63) is 35.9 Å². The normalized spacial score (nSPS) is 16.9. The second-order valence-electron chi connectivity index (χ2n) is 8.07. The highest BCUT2D eigenvalue weighted by molar-refractivity contribution is 6.00. The van der Waals surface area contributed by atoms with E-state index < -0.39 is 17.8 Å². The molecule has 0 unspecified atom stereocenters. The zero-order valence-corrected chi connectivity index (χ0v) is 16.6. The van der Waals surface area contributed by atoms with Gasteiger partial charge < -0.3 is 14.6 Å². The van der Waals surface area contributed by atoms with Crippen molar-refractivity contribution in [1.29, 1.82) is 0 Å². The predicted molar refractivity (Wildman–Crippen MR) is 108 cm³/mol. The summed E-state index contributed by atoms with van der Waals surface area (Å²) in [5.74, 6) is 0.766. The Kier molecular flexibility index (Phi) is 5.61. The summed E-state index contributed by atoms with van der Waals surface area (Å²) in [5, 5.41) is 12.4. The molecule has 27 heavy (non-hydrogen) atoms. The smallest absolute Gasteiger partial charge is 0.414 e. The number of aliphatic hydroxyl groups excluding tert-OH is 1. The summed E-state index contributed by atoms with van der Waals surface area (Å²) in [6, 6.07) is 9.91. The number of aliphatic hydroxyl groups is 1. The van der Waals surface area contributed by atoms with Crippen LogP contribution in [0.5, 0.6) is 5.75 Å². The SMILES string of the molecule is CCCCOc1cc2c(c3ccccc13)C[C@H](O)CN2C(=O)OC(C)(C)C. The first kappa shape index (κ1) is 19.5. The van der Waals surface area contributed by atoms with E-state index in [9.17, 15) is 9.90 Å². The lowest BCUT2D eigenvalue weighted by molar-refractivity contribution is 0.0548. The van der Waals surface area contributed by atoms with Gasteiger partial charge in [0, 0.05) is 17.9 Å². The molecule has 0 aromatic heterocycles. The van der Waals surface area contributed by atoms with Crippen LogP contribution in [0.2, 0.25) is 0 Å². The van der Waals surface area contributed by atoms with Crippen molar-refractivity contribution in [3.8, 4) is 5.75 Å². The van der Waals surface area contributed by atoms with Gasteiger partial charge in [-0.2, -0.15) is 0 Å². The van der Waals surface area contributed by atoms with Gasteiger partial charge in [-0.3, -0.25) is 4.90 Å². The molecule has 0 saturated carbocycles. The highest BCUT2D eigenvalue weighted by atomic mass is 16.6. The number of unbranched alkanes of at least 4 members (excludes halogenated alkanes) is 1. The largest absolute Gasteiger partial charge is 0.493 e. The molecule has 1 heterocycles. The lowest BCUT2D eigenvalue weighted by atomic mass is 9.93. The van der Waals surface area contributed by atoms with Crippen LogP contribution < -0.4 is 9.64 Å². The summed E-state index contributed by atoms with van der Waals surface area (Å²) in [6.07, 6.45) is 1.46. The summed E-state index contributed by atoms with van der Waals surface area (Å²) in [5.41, 5.74) is 1.12. The van der Waals surface area contributed by atoms with Crippen LogP contribution in [-0.2, 0) is 11.2 Å². The molecule has 1 N–H and O–H groups in total. The molecule has 2 aromatic rings. The Balaban J connectivity index is 2.08. The van der Waals surface area contributed by atoms with Gasteiger partial charge in [0.2, 0.25) is 0 Å². The molecule has 1 aliphatic heterocycles. The van der Waals surface area contributed by atoms with Crippen molar-refractivity contribution in [1.82, 2.24) is 0 Å². The summed E-state index contributed by atoms with van der Waals surface area (Å²) < 4.78 is 11.6. The maximum absolute atomic E-state index is 12.8. The molecule has 1 aliphatic rings. The van der Waals surface area contributed by atoms with E-state index in [0.717, 1.165) is 40.6 Å². The quantitative estimate of drug-likeness (QED) is 0.793. The van der Waals surface area contributed by atoms with Crippen LogP contribution in [0.1, 0.15) is 46.1 Å². The number of carbonyl (C=O) groups excluding carboxylic acids is 1. The monoisotopic (exact) mass is 371 g/mol. The van der Waals surface area contributed by atoms with Gasteiger partial charge in [0.05, 0.1) is 24.9 Å². The molecule has 0 saturated heterocycles. The van der Waals surface area contributed by atoms with Crippen LogP contribution in [-0.4, -0.2) is 36.1 Å². The first-order valence-electron chi connectivity index (χ1n) is 9.66. The highest BCUT2D eigenvalue weighted by Crippen LogP contribution is 2.40. The van der Waals surface area contributed by atoms with E-state index in [2.05, 4.69) is 6.92 Å². The third-order valence-electron chi connectivity index (χ3n) is 4.59. The van der Waals surface area contributed by atoms with Crippen LogP contribution in [0.4, 0.5) is 10.5 Å². The van der Waals surface area contributed by atoms with E-state index >= 15 is 0 Å². The van der Waals surface area contributed by atoms with Crippen LogP contribution in [0.15, 0.2) is 30.3 Å². The summed E-state index contributed by atoms with van der Waals surface area (Å²) in [7, 11) is 0. The number of rotatable bonds is 4. The minimum atomic E-state index is -0.625. The Morgan fingerprint density at radius 1 is 1.26 bits per heavy atom. The van der Waals surface area contributed by atoms with Crippen LogP contribution in [0.3, 0.4) is 0 Å². The molecule has 3 rings (SSSR count). The topological polar surface area (TPSA) is 59.0 Å². The summed E-state index contributed by atoms with van der Waals surface area (Å²) in [6.45, 7) is 8.49. The van der Waals surface area contributed by atoms with E-state index in [1.807, 2.05) is 51.1 Å². The Morgan fingerprint density at radius 2 is 1.96 bits per heavy atom. The van der Waals surface area contributed by atoms with Gasteiger partial charge in [-0.25, -0.2) is 4.79 Å². The standard InChI is InChI=1S/C22H29NO4/c1-5-6-11-26-20-13-19-18(16-9-7-8-10-17(16)20)12-15(24)14-23(19)21(25)27-22(2,3)4/h7-10,13,15,24H,5-6,11-12,14H2,1-4H3/t15-/m0/s1. The predicted octanol–water partition coefficient (Wildman–Crippen LogP) is 4.68. The van der Waals surface area contributed by atoms with Crippen molar-refractivity contribution in [2.45, 2.75) is 58.7 Å². The number of β-amino-alcohol motifs (C(OH)–C–C–N with tert-alkyl or cyclic N) is 1. The van der Waals surface area contributed by atoms with Gasteiger partial charge in [-0.15, -0.1) is 0 Å². The third kappa shape index (κ3) is 4.35. The average molecular weight is 371 g/mol. The van der Waals surface area contributed by atoms with E-state index in [1.165, 1.54) is 4.90 Å². The van der Waals surface area contributed by atoms with E-state index in [1.54, 1.807) is 0 Å². The zero-order chi connectivity index (χ0) is 19.6. The highest BCUT2D eigenvalue weighted by Gasteiger charge is 2.32.